The summed E-state index contributed by atoms with van der Waals surface area (Å²) in [7, 11) is 0. The number of benzene rings is 7. The molecule has 0 saturated carbocycles. The van der Waals surface area contributed by atoms with Crippen LogP contribution in [0.1, 0.15) is 9.60 Å². The molecule has 0 spiro atoms. The van der Waals surface area contributed by atoms with Gasteiger partial charge in [-0.25, -0.2) is 4.98 Å². The molecule has 0 aliphatic heterocycles. The Kier molecular flexibility index (Phi) is 4.59. The number of rotatable bonds is 4. The maximum atomic E-state index is 9.80. The average Bonchev–Trinajstić information content (AvgIpc) is 3.94. The minimum atomic E-state index is -0.484. The van der Waals surface area contributed by atoms with Crippen LogP contribution in [-0.4, -0.2) is 24.1 Å². The van der Waals surface area contributed by atoms with Gasteiger partial charge in [0, 0.05) is 49.1 Å². The second kappa shape index (κ2) is 10.7. The Bertz CT molecular complexity index is 3490. The molecule has 51 heavy (non-hydrogen) atoms. The van der Waals surface area contributed by atoms with Gasteiger partial charge in [0.15, 0.2) is 11.6 Å². The van der Waals surface area contributed by atoms with E-state index in [9.17, 15) is 4.11 Å². The fourth-order valence-electron chi connectivity index (χ4n) is 7.24. The maximum Gasteiger partial charge on any atom is 0.238 e. The van der Waals surface area contributed by atoms with E-state index in [0.29, 0.717) is 34.1 Å². The van der Waals surface area contributed by atoms with Gasteiger partial charge in [-0.05, 0) is 36.3 Å². The molecule has 0 saturated heterocycles. The first-order valence-electron chi connectivity index (χ1n) is 20.0. The van der Waals surface area contributed by atoms with Crippen LogP contribution in [0.25, 0.3) is 100.0 Å². The fraction of sp³-hybridized carbons (Fsp3) is 0. The lowest BCUT2D eigenvalue weighted by molar-refractivity contribution is 0.669. The quantitative estimate of drug-likeness (QED) is 0.188. The average molecular weight is 661 g/mol. The molecule has 4 aromatic heterocycles. The SMILES string of the molecule is [2H]c1c([2H])c([2H])c2c(oc3c([2H])c([2H])c(-n4c5ccccc5c5ccc6c7ccccc7n(-c7nc(-c8ccccc8)nc(-c8ccccc8)n7)c6c54)c([2H])c32)c1[2H]. The van der Waals surface area contributed by atoms with Crippen molar-refractivity contribution in [1.82, 2.24) is 24.1 Å². The molecule has 0 fully saturated rings. The second-order valence-corrected chi connectivity index (χ2v) is 12.3. The van der Waals surface area contributed by atoms with E-state index in [-0.39, 0.29) is 51.8 Å². The van der Waals surface area contributed by atoms with E-state index in [2.05, 4.69) is 6.07 Å². The first kappa shape index (κ1) is 21.8. The van der Waals surface area contributed by atoms with Crippen molar-refractivity contribution in [3.8, 4) is 34.4 Å². The molecule has 0 N–H and O–H groups in total. The molecule has 0 atom stereocenters. The van der Waals surface area contributed by atoms with Gasteiger partial charge in [-0.2, -0.15) is 9.97 Å². The molecule has 0 radical (unpaired) electrons. The third-order valence-corrected chi connectivity index (χ3v) is 9.45. The smallest absolute Gasteiger partial charge is 0.238 e. The van der Waals surface area contributed by atoms with Crippen molar-refractivity contribution in [3.05, 3.63) is 164 Å². The van der Waals surface area contributed by atoms with E-state index in [0.717, 1.165) is 38.2 Å². The molecule has 0 amide bonds. The van der Waals surface area contributed by atoms with Gasteiger partial charge in [0.1, 0.15) is 11.2 Å². The Balaban J connectivity index is 1.34. The first-order valence-corrected chi connectivity index (χ1v) is 16.5. The van der Waals surface area contributed by atoms with Gasteiger partial charge >= 0.3 is 0 Å². The highest BCUT2D eigenvalue weighted by Gasteiger charge is 2.23. The van der Waals surface area contributed by atoms with Crippen molar-refractivity contribution in [1.29, 1.82) is 0 Å². The molecule has 7 aromatic carbocycles. The Morgan fingerprint density at radius 2 is 1.00 bits per heavy atom. The molecule has 0 unspecified atom stereocenters. The minimum absolute atomic E-state index is 0.00662. The number of hydrogen-bond donors (Lipinski definition) is 0. The Morgan fingerprint density at radius 1 is 0.451 bits per heavy atom. The van der Waals surface area contributed by atoms with Gasteiger partial charge in [0.05, 0.1) is 31.7 Å². The van der Waals surface area contributed by atoms with Crippen molar-refractivity contribution in [2.24, 2.45) is 0 Å². The summed E-state index contributed by atoms with van der Waals surface area (Å²) in [6.07, 6.45) is 0. The van der Waals surface area contributed by atoms with Crippen LogP contribution in [0.5, 0.6) is 0 Å². The van der Waals surface area contributed by atoms with E-state index in [1.165, 1.54) is 0 Å². The highest BCUT2D eigenvalue weighted by molar-refractivity contribution is 6.24. The normalized spacial score (nSPS) is 13.8. The number of hydrogen-bond acceptors (Lipinski definition) is 4. The molecule has 238 valence electrons. The molecular weight excluding hydrogens is 627 g/mol. The summed E-state index contributed by atoms with van der Waals surface area (Å²) in [5, 5.41) is 3.47. The molecule has 0 bridgehead atoms. The van der Waals surface area contributed by atoms with Crippen molar-refractivity contribution in [3.63, 3.8) is 0 Å². The van der Waals surface area contributed by atoms with Crippen LogP contribution in [-0.2, 0) is 0 Å². The Labute approximate surface area is 301 Å². The summed E-state index contributed by atoms with van der Waals surface area (Å²) in [5.41, 5.74) is 4.19. The minimum Gasteiger partial charge on any atom is -0.456 e. The Morgan fingerprint density at radius 3 is 1.67 bits per heavy atom. The topological polar surface area (TPSA) is 61.7 Å². The largest absolute Gasteiger partial charge is 0.456 e. The predicted octanol–water partition coefficient (Wildman–Crippen LogP) is 11.3. The summed E-state index contributed by atoms with van der Waals surface area (Å²) in [6, 6.07) is 36.6. The highest BCUT2D eigenvalue weighted by atomic mass is 16.3. The number of aromatic nitrogens is 5. The zero-order chi connectivity index (χ0) is 39.6. The van der Waals surface area contributed by atoms with Crippen molar-refractivity contribution >= 4 is 65.6 Å². The van der Waals surface area contributed by atoms with Gasteiger partial charge in [0.2, 0.25) is 5.95 Å². The molecule has 6 heteroatoms. The maximum absolute atomic E-state index is 9.80. The van der Waals surface area contributed by atoms with Gasteiger partial charge in [-0.15, -0.1) is 0 Å². The molecular formula is C45H27N5O. The Hall–Kier alpha value is -7.05. The van der Waals surface area contributed by atoms with Crippen molar-refractivity contribution in [2.45, 2.75) is 0 Å². The van der Waals surface area contributed by atoms with Crippen LogP contribution in [0.15, 0.2) is 168 Å². The van der Waals surface area contributed by atoms with E-state index in [4.69, 9.17) is 24.9 Å². The van der Waals surface area contributed by atoms with Crippen molar-refractivity contribution in [2.75, 3.05) is 0 Å². The van der Waals surface area contributed by atoms with Crippen molar-refractivity contribution < 1.29 is 14.0 Å². The lowest BCUT2D eigenvalue weighted by Crippen LogP contribution is -2.07. The van der Waals surface area contributed by atoms with Gasteiger partial charge in [0.25, 0.3) is 0 Å². The first-order chi connectivity index (χ1) is 28.2. The van der Waals surface area contributed by atoms with Crippen LogP contribution in [0, 0.1) is 0 Å². The summed E-state index contributed by atoms with van der Waals surface area (Å²) in [6.45, 7) is 0. The fourth-order valence-corrected chi connectivity index (χ4v) is 7.24. The van der Waals surface area contributed by atoms with Crippen LogP contribution in [0.4, 0.5) is 0 Å². The monoisotopic (exact) mass is 660 g/mol. The zero-order valence-corrected chi connectivity index (χ0v) is 26.7. The van der Waals surface area contributed by atoms with Crippen LogP contribution < -0.4 is 0 Å². The van der Waals surface area contributed by atoms with Crippen LogP contribution in [0.2, 0.25) is 0 Å². The zero-order valence-electron chi connectivity index (χ0n) is 33.7. The second-order valence-electron chi connectivity index (χ2n) is 12.3. The van der Waals surface area contributed by atoms with Gasteiger partial charge < -0.3 is 8.98 Å². The molecule has 0 aliphatic rings. The number of fused-ring (bicyclic) bond motifs is 10. The predicted molar refractivity (Wildman–Crippen MR) is 207 cm³/mol. The summed E-state index contributed by atoms with van der Waals surface area (Å²) < 4.78 is 72.4. The number of furan rings is 1. The van der Waals surface area contributed by atoms with E-state index in [1.54, 1.807) is 0 Å². The van der Waals surface area contributed by atoms with Crippen LogP contribution >= 0.6 is 0 Å². The third-order valence-electron chi connectivity index (χ3n) is 9.45. The summed E-state index contributed by atoms with van der Waals surface area (Å²) in [4.78, 5) is 15.2. The molecule has 11 aromatic rings. The third kappa shape index (κ3) is 4.14. The van der Waals surface area contributed by atoms with E-state index < -0.39 is 18.1 Å². The summed E-state index contributed by atoms with van der Waals surface area (Å²) >= 11 is 0. The standard InChI is InChI=1S/C45H27N5O/c1-3-13-28(14-4-1)43-46-44(29-15-5-2-6-16-29)48-45(47-43)50-38-21-11-8-18-32(38)35-25-24-34-31-17-7-10-20-37(31)49(41(34)42(35)50)30-23-26-40-36(27-30)33-19-9-12-22-39(33)51-40/h1-27H/i9D,12D,19D,22D,23D,26D,27D. The molecule has 4 heterocycles. The number of nitrogens with zero attached hydrogens (tertiary/aromatic N) is 5. The molecule has 0 aliphatic carbocycles. The van der Waals surface area contributed by atoms with Crippen LogP contribution in [0.3, 0.4) is 0 Å². The highest BCUT2D eigenvalue weighted by Crippen LogP contribution is 2.42. The molecule has 11 rings (SSSR count). The lowest BCUT2D eigenvalue weighted by Gasteiger charge is -2.13. The van der Waals surface area contributed by atoms with E-state index >= 15 is 0 Å². The summed E-state index contributed by atoms with van der Waals surface area (Å²) in [5.74, 6) is 1.31. The lowest BCUT2D eigenvalue weighted by atomic mass is 10.1. The van der Waals surface area contributed by atoms with Gasteiger partial charge in [-0.3, -0.25) is 4.57 Å². The van der Waals surface area contributed by atoms with Gasteiger partial charge in [-0.1, -0.05) is 127 Å². The van der Waals surface area contributed by atoms with E-state index in [1.807, 2.05) is 124 Å². The number of para-hydroxylation sites is 3. The molecule has 6 nitrogen and oxygen atoms in total.